The van der Waals surface area contributed by atoms with Gasteiger partial charge in [0.2, 0.25) is 0 Å². The number of hydrogen-bond acceptors (Lipinski definition) is 2. The van der Waals surface area contributed by atoms with Crippen molar-refractivity contribution in [3.63, 3.8) is 0 Å². The Morgan fingerprint density at radius 1 is 1.04 bits per heavy atom. The van der Waals surface area contributed by atoms with Crippen LogP contribution in [0.4, 0.5) is 0 Å². The molecule has 0 saturated carbocycles. The smallest absolute Gasteiger partial charge is 0.289 e. The number of nitrogens with zero attached hydrogens (tertiary/aromatic N) is 1. The third kappa shape index (κ3) is 3.62. The summed E-state index contributed by atoms with van der Waals surface area (Å²) in [6.07, 6.45) is 0. The van der Waals surface area contributed by atoms with Crippen LogP contribution in [0.1, 0.15) is 30.0 Å². The van der Waals surface area contributed by atoms with E-state index in [4.69, 9.17) is 4.42 Å². The van der Waals surface area contributed by atoms with Crippen molar-refractivity contribution in [1.82, 2.24) is 4.90 Å². The fourth-order valence-corrected chi connectivity index (χ4v) is 2.71. The van der Waals surface area contributed by atoms with Crippen molar-refractivity contribution in [1.29, 1.82) is 0 Å². The molecule has 0 aliphatic rings. The van der Waals surface area contributed by atoms with Gasteiger partial charge in [0.25, 0.3) is 5.91 Å². The van der Waals surface area contributed by atoms with Gasteiger partial charge in [0.1, 0.15) is 5.58 Å². The predicted octanol–water partition coefficient (Wildman–Crippen LogP) is 4.73. The molecule has 0 atom stereocenters. The van der Waals surface area contributed by atoms with Crippen LogP contribution in [-0.2, 0) is 6.54 Å². The number of furan rings is 1. The average Bonchev–Trinajstić information content (AvgIpc) is 2.98. The van der Waals surface area contributed by atoms with Gasteiger partial charge in [-0.1, -0.05) is 62.4 Å². The first kappa shape index (κ1) is 15.3. The van der Waals surface area contributed by atoms with Crippen LogP contribution in [0, 0.1) is 5.92 Å². The van der Waals surface area contributed by atoms with E-state index in [-0.39, 0.29) is 5.91 Å². The molecule has 1 aromatic heterocycles. The lowest BCUT2D eigenvalue weighted by Gasteiger charge is -2.23. The second-order valence-corrected chi connectivity index (χ2v) is 6.21. The molecule has 0 aliphatic carbocycles. The summed E-state index contributed by atoms with van der Waals surface area (Å²) in [6.45, 7) is 5.52. The number of rotatable bonds is 5. The van der Waals surface area contributed by atoms with Crippen molar-refractivity contribution < 1.29 is 9.21 Å². The van der Waals surface area contributed by atoms with Crippen LogP contribution in [0.5, 0.6) is 0 Å². The van der Waals surface area contributed by atoms with E-state index < -0.39 is 0 Å². The van der Waals surface area contributed by atoms with E-state index in [1.807, 2.05) is 65.6 Å². The number of benzene rings is 2. The zero-order chi connectivity index (χ0) is 16.2. The normalized spacial score (nSPS) is 11.1. The Morgan fingerprint density at radius 3 is 2.43 bits per heavy atom. The molecule has 118 valence electrons. The summed E-state index contributed by atoms with van der Waals surface area (Å²) < 4.78 is 5.74. The summed E-state index contributed by atoms with van der Waals surface area (Å²) in [6, 6.07) is 19.6. The number of para-hydroxylation sites is 1. The van der Waals surface area contributed by atoms with Crippen molar-refractivity contribution in [3.05, 3.63) is 72.0 Å². The minimum absolute atomic E-state index is 0.0567. The van der Waals surface area contributed by atoms with Gasteiger partial charge in [-0.15, -0.1) is 0 Å². The first-order valence-corrected chi connectivity index (χ1v) is 7.95. The molecule has 0 bridgehead atoms. The highest BCUT2D eigenvalue weighted by atomic mass is 16.3. The molecule has 0 fully saturated rings. The molecule has 0 aliphatic heterocycles. The van der Waals surface area contributed by atoms with E-state index in [2.05, 4.69) is 13.8 Å². The molecule has 0 N–H and O–H groups in total. The highest BCUT2D eigenvalue weighted by Gasteiger charge is 2.21. The number of carbonyl (C=O) groups excluding carboxylic acids is 1. The lowest BCUT2D eigenvalue weighted by Crippen LogP contribution is -2.33. The van der Waals surface area contributed by atoms with Crippen LogP contribution in [0.3, 0.4) is 0 Å². The minimum Gasteiger partial charge on any atom is -0.451 e. The maximum absolute atomic E-state index is 12.9. The van der Waals surface area contributed by atoms with Crippen LogP contribution in [-0.4, -0.2) is 17.4 Å². The number of carbonyl (C=O) groups is 1. The van der Waals surface area contributed by atoms with E-state index >= 15 is 0 Å². The Hall–Kier alpha value is -2.55. The van der Waals surface area contributed by atoms with Crippen molar-refractivity contribution in [2.75, 3.05) is 6.54 Å². The largest absolute Gasteiger partial charge is 0.451 e. The first-order valence-electron chi connectivity index (χ1n) is 7.95. The molecule has 3 nitrogen and oxygen atoms in total. The van der Waals surface area contributed by atoms with Crippen LogP contribution >= 0.6 is 0 Å². The van der Waals surface area contributed by atoms with Gasteiger partial charge >= 0.3 is 0 Å². The van der Waals surface area contributed by atoms with Gasteiger partial charge in [-0.25, -0.2) is 0 Å². The minimum atomic E-state index is -0.0567. The third-order valence-electron chi connectivity index (χ3n) is 3.73. The molecule has 0 unspecified atom stereocenters. The zero-order valence-corrected chi connectivity index (χ0v) is 13.5. The molecule has 0 radical (unpaired) electrons. The third-order valence-corrected chi connectivity index (χ3v) is 3.73. The van der Waals surface area contributed by atoms with E-state index in [1.165, 1.54) is 0 Å². The molecule has 3 aromatic rings. The molecular formula is C20H21NO2. The van der Waals surface area contributed by atoms with E-state index in [1.54, 1.807) is 0 Å². The molecule has 2 aromatic carbocycles. The lowest BCUT2D eigenvalue weighted by atomic mass is 10.1. The molecule has 0 spiro atoms. The summed E-state index contributed by atoms with van der Waals surface area (Å²) in [5.41, 5.74) is 1.87. The number of fused-ring (bicyclic) bond motifs is 1. The van der Waals surface area contributed by atoms with Gasteiger partial charge in [-0.05, 0) is 23.6 Å². The molecule has 3 heteroatoms. The topological polar surface area (TPSA) is 33.5 Å². The highest BCUT2D eigenvalue weighted by molar-refractivity contribution is 5.96. The van der Waals surface area contributed by atoms with Crippen LogP contribution in [0.25, 0.3) is 11.0 Å². The van der Waals surface area contributed by atoms with Gasteiger partial charge in [0, 0.05) is 18.5 Å². The summed E-state index contributed by atoms with van der Waals surface area (Å²) in [7, 11) is 0. The lowest BCUT2D eigenvalue weighted by molar-refractivity contribution is 0.0693. The average molecular weight is 307 g/mol. The Bertz CT molecular complexity index is 757. The number of hydrogen-bond donors (Lipinski definition) is 0. The monoisotopic (exact) mass is 307 g/mol. The van der Waals surface area contributed by atoms with Crippen molar-refractivity contribution >= 4 is 16.9 Å². The maximum Gasteiger partial charge on any atom is 0.289 e. The Kier molecular flexibility index (Phi) is 4.47. The van der Waals surface area contributed by atoms with E-state index in [9.17, 15) is 4.79 Å². The summed E-state index contributed by atoms with van der Waals surface area (Å²) >= 11 is 0. The van der Waals surface area contributed by atoms with Gasteiger partial charge < -0.3 is 9.32 Å². The van der Waals surface area contributed by atoms with Gasteiger partial charge in [0.05, 0.1) is 0 Å². The Balaban J connectivity index is 1.87. The summed E-state index contributed by atoms with van der Waals surface area (Å²) in [5, 5.41) is 0.958. The molecule has 1 amide bonds. The summed E-state index contributed by atoms with van der Waals surface area (Å²) in [4.78, 5) is 14.7. The van der Waals surface area contributed by atoms with Gasteiger partial charge in [0.15, 0.2) is 5.76 Å². The molecule has 0 saturated heterocycles. The van der Waals surface area contributed by atoms with Gasteiger partial charge in [-0.2, -0.15) is 0 Å². The van der Waals surface area contributed by atoms with Crippen LogP contribution in [0.15, 0.2) is 65.1 Å². The van der Waals surface area contributed by atoms with Crippen molar-refractivity contribution in [2.45, 2.75) is 20.4 Å². The van der Waals surface area contributed by atoms with Crippen molar-refractivity contribution in [2.24, 2.45) is 5.92 Å². The first-order chi connectivity index (χ1) is 11.1. The second kappa shape index (κ2) is 6.69. The van der Waals surface area contributed by atoms with Crippen molar-refractivity contribution in [3.8, 4) is 0 Å². The van der Waals surface area contributed by atoms with Crippen LogP contribution < -0.4 is 0 Å². The highest BCUT2D eigenvalue weighted by Crippen LogP contribution is 2.21. The quantitative estimate of drug-likeness (QED) is 0.682. The second-order valence-electron chi connectivity index (χ2n) is 6.21. The molecule has 1 heterocycles. The fourth-order valence-electron chi connectivity index (χ4n) is 2.71. The van der Waals surface area contributed by atoms with E-state index in [0.29, 0.717) is 24.8 Å². The standard InChI is InChI=1S/C20H21NO2/c1-15(2)13-21(14-16-8-4-3-5-9-16)20(22)19-12-17-10-6-7-11-18(17)23-19/h3-12,15H,13-14H2,1-2H3. The fraction of sp³-hybridized carbons (Fsp3) is 0.250. The molecule has 23 heavy (non-hydrogen) atoms. The Labute approximate surface area is 136 Å². The summed E-state index contributed by atoms with van der Waals surface area (Å²) in [5.74, 6) is 0.744. The predicted molar refractivity (Wildman–Crippen MR) is 92.2 cm³/mol. The molecule has 3 rings (SSSR count). The maximum atomic E-state index is 12.9. The van der Waals surface area contributed by atoms with Crippen LogP contribution in [0.2, 0.25) is 0 Å². The Morgan fingerprint density at radius 2 is 1.74 bits per heavy atom. The molecular weight excluding hydrogens is 286 g/mol. The van der Waals surface area contributed by atoms with Gasteiger partial charge in [-0.3, -0.25) is 4.79 Å². The zero-order valence-electron chi connectivity index (χ0n) is 13.5. The SMILES string of the molecule is CC(C)CN(Cc1ccccc1)C(=O)c1cc2ccccc2o1. The van der Waals surface area contributed by atoms with E-state index in [0.717, 1.165) is 16.5 Å². The number of amides is 1.